The predicted octanol–water partition coefficient (Wildman–Crippen LogP) is 3.04. The van der Waals surface area contributed by atoms with E-state index < -0.39 is 4.92 Å². The van der Waals surface area contributed by atoms with Crippen LogP contribution in [0.3, 0.4) is 0 Å². The maximum Gasteiger partial charge on any atom is 0.311 e. The fourth-order valence-corrected chi connectivity index (χ4v) is 2.90. The SMILES string of the molecule is CCc1ncc(CN(CC)c2nc(OC)ccc2[N+](=O)[O-])s1. The summed E-state index contributed by atoms with van der Waals surface area (Å²) in [5.41, 5.74) is -0.0251. The van der Waals surface area contributed by atoms with Crippen molar-refractivity contribution in [3.8, 4) is 5.88 Å². The van der Waals surface area contributed by atoms with Crippen LogP contribution in [0.15, 0.2) is 18.3 Å². The first-order valence-electron chi connectivity index (χ1n) is 6.97. The molecule has 0 atom stereocenters. The van der Waals surface area contributed by atoms with E-state index in [4.69, 9.17) is 4.74 Å². The fourth-order valence-electron chi connectivity index (χ4n) is 2.02. The van der Waals surface area contributed by atoms with E-state index in [-0.39, 0.29) is 5.69 Å². The number of hydrogen-bond donors (Lipinski definition) is 0. The molecule has 22 heavy (non-hydrogen) atoms. The Bertz CT molecular complexity index is 659. The van der Waals surface area contributed by atoms with Crippen LogP contribution in [0, 0.1) is 10.1 Å². The van der Waals surface area contributed by atoms with Gasteiger partial charge in [0.15, 0.2) is 0 Å². The molecule has 0 fully saturated rings. The molecule has 0 N–H and O–H groups in total. The van der Waals surface area contributed by atoms with E-state index >= 15 is 0 Å². The summed E-state index contributed by atoms with van der Waals surface area (Å²) in [5.74, 6) is 0.677. The lowest BCUT2D eigenvalue weighted by Gasteiger charge is -2.21. The molecular weight excluding hydrogens is 304 g/mol. The van der Waals surface area contributed by atoms with Crippen molar-refractivity contribution < 1.29 is 9.66 Å². The number of rotatable bonds is 7. The molecule has 0 radical (unpaired) electrons. The zero-order chi connectivity index (χ0) is 16.1. The summed E-state index contributed by atoms with van der Waals surface area (Å²) in [6.07, 6.45) is 2.70. The third-order valence-electron chi connectivity index (χ3n) is 3.17. The molecule has 0 aliphatic carbocycles. The summed E-state index contributed by atoms with van der Waals surface area (Å²) in [7, 11) is 1.49. The second-order valence-corrected chi connectivity index (χ2v) is 5.74. The number of pyridine rings is 1. The monoisotopic (exact) mass is 322 g/mol. The molecule has 0 unspecified atom stereocenters. The standard InChI is InChI=1S/C14H18N4O3S/c1-4-13-15-8-10(22-13)9-17(5-2)14-11(18(19)20)6-7-12(16-14)21-3/h6-8H,4-5,9H2,1-3H3. The molecule has 2 heterocycles. The van der Waals surface area contributed by atoms with Gasteiger partial charge in [0.2, 0.25) is 11.7 Å². The summed E-state index contributed by atoms with van der Waals surface area (Å²) >= 11 is 1.61. The van der Waals surface area contributed by atoms with E-state index in [1.165, 1.54) is 19.2 Å². The third-order valence-corrected chi connectivity index (χ3v) is 4.29. The second kappa shape index (κ2) is 7.17. The Morgan fingerprint density at radius 2 is 2.18 bits per heavy atom. The first-order chi connectivity index (χ1) is 10.6. The van der Waals surface area contributed by atoms with E-state index in [2.05, 4.69) is 16.9 Å². The van der Waals surface area contributed by atoms with Gasteiger partial charge in [-0.15, -0.1) is 11.3 Å². The Hall–Kier alpha value is -2.22. The van der Waals surface area contributed by atoms with Crippen LogP contribution in [0.1, 0.15) is 23.7 Å². The number of aryl methyl sites for hydroxylation is 1. The highest BCUT2D eigenvalue weighted by Gasteiger charge is 2.22. The van der Waals surface area contributed by atoms with Crippen LogP contribution in [0.25, 0.3) is 0 Å². The van der Waals surface area contributed by atoms with E-state index in [0.717, 1.165) is 16.3 Å². The summed E-state index contributed by atoms with van der Waals surface area (Å²) in [6, 6.07) is 2.92. The van der Waals surface area contributed by atoms with E-state index in [1.807, 2.05) is 18.0 Å². The van der Waals surface area contributed by atoms with Crippen LogP contribution in [-0.2, 0) is 13.0 Å². The highest BCUT2D eigenvalue weighted by Crippen LogP contribution is 2.30. The molecule has 118 valence electrons. The fraction of sp³-hybridized carbons (Fsp3) is 0.429. The summed E-state index contributed by atoms with van der Waals surface area (Å²) < 4.78 is 5.09. The molecule has 2 aromatic heterocycles. The van der Waals surface area contributed by atoms with Gasteiger partial charge in [0.05, 0.1) is 23.6 Å². The molecular formula is C14H18N4O3S. The number of hydrogen-bond acceptors (Lipinski definition) is 7. The zero-order valence-electron chi connectivity index (χ0n) is 12.8. The van der Waals surface area contributed by atoms with E-state index in [9.17, 15) is 10.1 Å². The Balaban J connectivity index is 2.34. The van der Waals surface area contributed by atoms with Gasteiger partial charge in [-0.1, -0.05) is 6.92 Å². The van der Waals surface area contributed by atoms with Gasteiger partial charge in [0.25, 0.3) is 0 Å². The smallest absolute Gasteiger partial charge is 0.311 e. The van der Waals surface area contributed by atoms with Crippen LogP contribution in [0.2, 0.25) is 0 Å². The van der Waals surface area contributed by atoms with Gasteiger partial charge in [0.1, 0.15) is 0 Å². The summed E-state index contributed by atoms with van der Waals surface area (Å²) in [4.78, 5) is 22.3. The number of thiazole rings is 1. The van der Waals surface area contributed by atoms with Crippen molar-refractivity contribution in [2.45, 2.75) is 26.8 Å². The predicted molar refractivity (Wildman–Crippen MR) is 85.7 cm³/mol. The third kappa shape index (κ3) is 3.51. The van der Waals surface area contributed by atoms with E-state index in [0.29, 0.717) is 24.8 Å². The molecule has 2 rings (SSSR count). The van der Waals surface area contributed by atoms with Crippen LogP contribution < -0.4 is 9.64 Å². The molecule has 0 bridgehead atoms. The van der Waals surface area contributed by atoms with Crippen molar-refractivity contribution in [1.29, 1.82) is 0 Å². The maximum absolute atomic E-state index is 11.2. The molecule has 0 saturated heterocycles. The Morgan fingerprint density at radius 3 is 2.73 bits per heavy atom. The first kappa shape index (κ1) is 16.2. The molecule has 0 aliphatic heterocycles. The maximum atomic E-state index is 11.2. The van der Waals surface area contributed by atoms with Crippen LogP contribution >= 0.6 is 11.3 Å². The van der Waals surface area contributed by atoms with Crippen molar-refractivity contribution >= 4 is 22.8 Å². The lowest BCUT2D eigenvalue weighted by molar-refractivity contribution is -0.384. The normalized spacial score (nSPS) is 10.5. The van der Waals surface area contributed by atoms with Gasteiger partial charge >= 0.3 is 5.69 Å². The van der Waals surface area contributed by atoms with Crippen LogP contribution in [-0.4, -0.2) is 28.5 Å². The zero-order valence-corrected chi connectivity index (χ0v) is 13.6. The molecule has 8 heteroatoms. The van der Waals surface area contributed by atoms with Gasteiger partial charge < -0.3 is 9.64 Å². The summed E-state index contributed by atoms with van der Waals surface area (Å²) in [5, 5.41) is 12.3. The lowest BCUT2D eigenvalue weighted by Crippen LogP contribution is -2.23. The van der Waals surface area contributed by atoms with Crippen LogP contribution in [0.5, 0.6) is 5.88 Å². The average Bonchev–Trinajstić information content (AvgIpc) is 2.99. The average molecular weight is 322 g/mol. The quantitative estimate of drug-likeness (QED) is 0.575. The molecule has 7 nitrogen and oxygen atoms in total. The van der Waals surface area contributed by atoms with Crippen molar-refractivity contribution in [2.75, 3.05) is 18.6 Å². The molecule has 0 amide bonds. The van der Waals surface area contributed by atoms with Crippen molar-refractivity contribution in [3.05, 3.63) is 38.3 Å². The summed E-state index contributed by atoms with van der Waals surface area (Å²) in [6.45, 7) is 5.12. The Morgan fingerprint density at radius 1 is 1.41 bits per heavy atom. The highest BCUT2D eigenvalue weighted by atomic mass is 32.1. The molecule has 0 aliphatic rings. The van der Waals surface area contributed by atoms with Gasteiger partial charge in [-0.3, -0.25) is 10.1 Å². The number of aromatic nitrogens is 2. The minimum atomic E-state index is -0.422. The lowest BCUT2D eigenvalue weighted by atomic mass is 10.3. The first-order valence-corrected chi connectivity index (χ1v) is 7.78. The molecule has 2 aromatic rings. The molecule has 0 saturated carbocycles. The van der Waals surface area contributed by atoms with Crippen LogP contribution in [0.4, 0.5) is 11.5 Å². The highest BCUT2D eigenvalue weighted by molar-refractivity contribution is 7.11. The van der Waals surface area contributed by atoms with Gasteiger partial charge in [-0.25, -0.2) is 4.98 Å². The largest absolute Gasteiger partial charge is 0.481 e. The minimum absolute atomic E-state index is 0.0251. The topological polar surface area (TPSA) is 81.4 Å². The number of methoxy groups -OCH3 is 1. The van der Waals surface area contributed by atoms with Gasteiger partial charge in [-0.05, 0) is 13.3 Å². The Kier molecular flexibility index (Phi) is 5.26. The number of nitrogens with zero attached hydrogens (tertiary/aromatic N) is 4. The number of nitro groups is 1. The minimum Gasteiger partial charge on any atom is -0.481 e. The molecule has 0 spiro atoms. The van der Waals surface area contributed by atoms with Gasteiger partial charge in [0, 0.05) is 29.8 Å². The Labute approximate surface area is 132 Å². The van der Waals surface area contributed by atoms with Crippen molar-refractivity contribution in [2.24, 2.45) is 0 Å². The number of ether oxygens (including phenoxy) is 1. The van der Waals surface area contributed by atoms with Gasteiger partial charge in [-0.2, -0.15) is 4.98 Å². The van der Waals surface area contributed by atoms with E-state index in [1.54, 1.807) is 11.3 Å². The second-order valence-electron chi connectivity index (χ2n) is 4.54. The van der Waals surface area contributed by atoms with Crippen molar-refractivity contribution in [3.63, 3.8) is 0 Å². The molecule has 0 aromatic carbocycles. The number of anilines is 1. The van der Waals surface area contributed by atoms with Crippen molar-refractivity contribution in [1.82, 2.24) is 9.97 Å².